The Labute approximate surface area is 138 Å². The first-order valence-electron chi connectivity index (χ1n) is 6.72. The molecule has 0 saturated heterocycles. The molecule has 0 bridgehead atoms. The van der Waals surface area contributed by atoms with Crippen LogP contribution in [0.4, 0.5) is 22.0 Å². The molecule has 1 atom stereocenters. The van der Waals surface area contributed by atoms with Gasteiger partial charge < -0.3 is 9.05 Å². The van der Waals surface area contributed by atoms with Gasteiger partial charge >= 0.3 is 8.25 Å². The summed E-state index contributed by atoms with van der Waals surface area (Å²) in [6.07, 6.45) is 0. The van der Waals surface area contributed by atoms with E-state index in [9.17, 15) is 26.5 Å². The summed E-state index contributed by atoms with van der Waals surface area (Å²) in [6.45, 7) is 0. The van der Waals surface area contributed by atoms with Gasteiger partial charge in [0, 0.05) is 5.39 Å². The standard InChI is InChI=1S/C16H7F5O3P/c17-11-12(18)14(20)16(15(21)13(11)19)24-25(22)23-10-7-3-5-8-4-1-2-6-9(8)10/h1-7H. The Bertz CT molecular complexity index is 959. The summed E-state index contributed by atoms with van der Waals surface area (Å²) in [7, 11) is -3.26. The lowest BCUT2D eigenvalue weighted by atomic mass is 10.1. The molecule has 9 heteroatoms. The Balaban J connectivity index is 1.91. The minimum absolute atomic E-state index is 0.0584. The quantitative estimate of drug-likeness (QED) is 0.257. The van der Waals surface area contributed by atoms with E-state index in [-0.39, 0.29) is 5.75 Å². The summed E-state index contributed by atoms with van der Waals surface area (Å²) in [6, 6.07) is 11.5. The zero-order valence-corrected chi connectivity index (χ0v) is 13.0. The molecule has 0 aliphatic heterocycles. The summed E-state index contributed by atoms with van der Waals surface area (Å²) in [4.78, 5) is 0. The Hall–Kier alpha value is -2.73. The second-order valence-electron chi connectivity index (χ2n) is 4.78. The van der Waals surface area contributed by atoms with E-state index >= 15 is 0 Å². The van der Waals surface area contributed by atoms with E-state index in [0.29, 0.717) is 5.39 Å². The summed E-state index contributed by atoms with van der Waals surface area (Å²) in [5, 5.41) is 1.24. The third kappa shape index (κ3) is 3.13. The molecule has 0 aliphatic carbocycles. The number of halogens is 5. The van der Waals surface area contributed by atoms with Gasteiger partial charge in [-0.15, -0.1) is 0 Å². The maximum atomic E-state index is 13.5. The monoisotopic (exact) mass is 373 g/mol. The van der Waals surface area contributed by atoms with Crippen molar-refractivity contribution in [3.63, 3.8) is 0 Å². The maximum Gasteiger partial charge on any atom is 0.492 e. The average molecular weight is 373 g/mol. The van der Waals surface area contributed by atoms with Crippen molar-refractivity contribution in [1.82, 2.24) is 0 Å². The minimum atomic E-state index is -3.26. The van der Waals surface area contributed by atoms with Gasteiger partial charge in [-0.1, -0.05) is 36.4 Å². The van der Waals surface area contributed by atoms with Crippen molar-refractivity contribution in [1.29, 1.82) is 0 Å². The van der Waals surface area contributed by atoms with Crippen LogP contribution in [0.5, 0.6) is 11.5 Å². The van der Waals surface area contributed by atoms with Crippen LogP contribution in [-0.2, 0) is 4.57 Å². The zero-order valence-electron chi connectivity index (χ0n) is 12.1. The molecule has 1 radical (unpaired) electrons. The largest absolute Gasteiger partial charge is 0.492 e. The van der Waals surface area contributed by atoms with Crippen molar-refractivity contribution in [3.05, 3.63) is 71.6 Å². The predicted octanol–water partition coefficient (Wildman–Crippen LogP) is 5.65. The lowest BCUT2D eigenvalue weighted by Crippen LogP contribution is -2.04. The van der Waals surface area contributed by atoms with Crippen LogP contribution >= 0.6 is 8.25 Å². The fraction of sp³-hybridized carbons (Fsp3) is 0. The average Bonchev–Trinajstić information content (AvgIpc) is 2.62. The summed E-state index contributed by atoms with van der Waals surface area (Å²) in [5.74, 6) is -12.8. The molecular weight excluding hydrogens is 366 g/mol. The molecule has 0 saturated carbocycles. The van der Waals surface area contributed by atoms with Crippen LogP contribution in [0.2, 0.25) is 0 Å². The first-order valence-corrected chi connectivity index (χ1v) is 7.82. The highest BCUT2D eigenvalue weighted by molar-refractivity contribution is 7.34. The second-order valence-corrected chi connectivity index (χ2v) is 5.59. The van der Waals surface area contributed by atoms with E-state index in [1.807, 2.05) is 0 Å². The minimum Gasteiger partial charge on any atom is -0.388 e. The van der Waals surface area contributed by atoms with Gasteiger partial charge in [-0.05, 0) is 11.5 Å². The molecule has 3 rings (SSSR count). The van der Waals surface area contributed by atoms with Crippen LogP contribution < -0.4 is 9.05 Å². The van der Waals surface area contributed by atoms with Crippen LogP contribution in [-0.4, -0.2) is 0 Å². The first kappa shape index (κ1) is 17.1. The van der Waals surface area contributed by atoms with Crippen molar-refractivity contribution in [3.8, 4) is 11.5 Å². The maximum absolute atomic E-state index is 13.5. The number of fused-ring (bicyclic) bond motifs is 1. The van der Waals surface area contributed by atoms with Crippen LogP contribution in [0.1, 0.15) is 0 Å². The van der Waals surface area contributed by atoms with E-state index in [1.54, 1.807) is 36.4 Å². The van der Waals surface area contributed by atoms with Gasteiger partial charge in [-0.3, -0.25) is 0 Å². The van der Waals surface area contributed by atoms with E-state index in [0.717, 1.165) is 5.39 Å². The van der Waals surface area contributed by atoms with Crippen molar-refractivity contribution in [2.24, 2.45) is 0 Å². The molecule has 3 nitrogen and oxygen atoms in total. The summed E-state index contributed by atoms with van der Waals surface area (Å²) in [5.41, 5.74) is 0. The second kappa shape index (κ2) is 6.64. The Morgan fingerprint density at radius 2 is 1.24 bits per heavy atom. The first-order chi connectivity index (χ1) is 11.9. The molecule has 0 amide bonds. The molecule has 0 N–H and O–H groups in total. The lowest BCUT2D eigenvalue weighted by molar-refractivity contribution is 0.336. The van der Waals surface area contributed by atoms with Crippen LogP contribution in [0.3, 0.4) is 0 Å². The highest BCUT2D eigenvalue weighted by Gasteiger charge is 2.29. The third-order valence-electron chi connectivity index (χ3n) is 3.26. The Kier molecular flexibility index (Phi) is 4.55. The number of rotatable bonds is 4. The Morgan fingerprint density at radius 1 is 0.680 bits per heavy atom. The molecule has 0 aliphatic rings. The molecule has 1 unspecified atom stereocenters. The van der Waals surface area contributed by atoms with Crippen LogP contribution in [0.25, 0.3) is 10.8 Å². The summed E-state index contributed by atoms with van der Waals surface area (Å²) < 4.78 is 87.4. The van der Waals surface area contributed by atoms with Gasteiger partial charge in [0.05, 0.1) is 0 Å². The van der Waals surface area contributed by atoms with Gasteiger partial charge in [0.15, 0.2) is 0 Å². The van der Waals surface area contributed by atoms with E-state index in [1.165, 1.54) is 6.07 Å². The van der Waals surface area contributed by atoms with Gasteiger partial charge in [0.2, 0.25) is 34.8 Å². The van der Waals surface area contributed by atoms with Crippen molar-refractivity contribution in [2.45, 2.75) is 0 Å². The van der Waals surface area contributed by atoms with E-state index in [4.69, 9.17) is 4.52 Å². The van der Waals surface area contributed by atoms with Crippen molar-refractivity contribution < 1.29 is 35.6 Å². The van der Waals surface area contributed by atoms with Crippen molar-refractivity contribution in [2.75, 3.05) is 0 Å². The molecule has 0 spiro atoms. The summed E-state index contributed by atoms with van der Waals surface area (Å²) >= 11 is 0. The topological polar surface area (TPSA) is 35.5 Å². The van der Waals surface area contributed by atoms with Crippen molar-refractivity contribution >= 4 is 19.0 Å². The van der Waals surface area contributed by atoms with Crippen LogP contribution in [0, 0.1) is 29.1 Å². The third-order valence-corrected chi connectivity index (χ3v) is 3.94. The molecule has 3 aromatic carbocycles. The molecule has 0 aromatic heterocycles. The molecule has 0 heterocycles. The number of hydrogen-bond donors (Lipinski definition) is 0. The van der Waals surface area contributed by atoms with E-state index in [2.05, 4.69) is 4.52 Å². The highest BCUT2D eigenvalue weighted by Crippen LogP contribution is 2.38. The molecule has 0 fully saturated rings. The van der Waals surface area contributed by atoms with Gasteiger partial charge in [0.1, 0.15) is 5.75 Å². The van der Waals surface area contributed by atoms with Gasteiger partial charge in [0.25, 0.3) is 0 Å². The van der Waals surface area contributed by atoms with E-state index < -0.39 is 43.1 Å². The van der Waals surface area contributed by atoms with Gasteiger partial charge in [-0.25, -0.2) is 13.2 Å². The zero-order chi connectivity index (χ0) is 18.1. The smallest absolute Gasteiger partial charge is 0.388 e. The molecule has 25 heavy (non-hydrogen) atoms. The Morgan fingerprint density at radius 3 is 1.92 bits per heavy atom. The normalized spacial score (nSPS) is 11.5. The highest BCUT2D eigenvalue weighted by atomic mass is 31.1. The predicted molar refractivity (Wildman–Crippen MR) is 79.0 cm³/mol. The van der Waals surface area contributed by atoms with Gasteiger partial charge in [-0.2, -0.15) is 13.3 Å². The number of benzene rings is 3. The fourth-order valence-corrected chi connectivity index (χ4v) is 2.78. The molecule has 3 aromatic rings. The molecular formula is C16H7F5O3P. The lowest BCUT2D eigenvalue weighted by Gasteiger charge is -2.10. The van der Waals surface area contributed by atoms with Crippen LogP contribution in [0.15, 0.2) is 42.5 Å². The number of hydrogen-bond acceptors (Lipinski definition) is 3. The SMILES string of the molecule is O=[P](Oc1c(F)c(F)c(F)c(F)c1F)Oc1cccc2ccccc12. The fourth-order valence-electron chi connectivity index (χ4n) is 2.11. The molecule has 129 valence electrons.